The van der Waals surface area contributed by atoms with Gasteiger partial charge in [0, 0.05) is 38.3 Å². The molecule has 8 heteroatoms. The summed E-state index contributed by atoms with van der Waals surface area (Å²) >= 11 is 0. The van der Waals surface area contributed by atoms with E-state index in [4.69, 9.17) is 4.74 Å². The predicted octanol–water partition coefficient (Wildman–Crippen LogP) is 2.12. The summed E-state index contributed by atoms with van der Waals surface area (Å²) in [6, 6.07) is 5.72. The molecule has 0 spiro atoms. The van der Waals surface area contributed by atoms with Crippen molar-refractivity contribution in [2.24, 2.45) is 4.99 Å². The van der Waals surface area contributed by atoms with Crippen molar-refractivity contribution in [2.45, 2.75) is 45.1 Å². The van der Waals surface area contributed by atoms with Crippen LogP contribution in [0.2, 0.25) is 0 Å². The second kappa shape index (κ2) is 9.32. The molecule has 1 aromatic rings. The van der Waals surface area contributed by atoms with Gasteiger partial charge in [-0.05, 0) is 32.4 Å². The number of fused-ring (bicyclic) bond motifs is 1. The minimum absolute atomic E-state index is 0.120. The van der Waals surface area contributed by atoms with E-state index >= 15 is 0 Å². The zero-order valence-electron chi connectivity index (χ0n) is 15.9. The maximum atomic E-state index is 12.6. The number of nitrogens with one attached hydrogen (secondary N) is 2. The third-order valence-electron chi connectivity index (χ3n) is 5.06. The van der Waals surface area contributed by atoms with Gasteiger partial charge in [0.25, 0.3) is 0 Å². The van der Waals surface area contributed by atoms with E-state index in [-0.39, 0.29) is 11.9 Å². The van der Waals surface area contributed by atoms with Crippen molar-refractivity contribution < 1.29 is 18.3 Å². The SMILES string of the molecule is CN=C(NCc1cc(C)ccc1OC(F)F)NCC1CN2CCCC2CO1. The fraction of sp³-hybridized carbons (Fsp3) is 0.632. The number of aryl methyl sites for hydroxylation is 1. The number of nitrogens with zero attached hydrogens (tertiary/aromatic N) is 2. The Hall–Kier alpha value is -1.93. The lowest BCUT2D eigenvalue weighted by Gasteiger charge is -2.35. The summed E-state index contributed by atoms with van der Waals surface area (Å²) in [6.45, 7) is 2.92. The summed E-state index contributed by atoms with van der Waals surface area (Å²) in [4.78, 5) is 6.70. The van der Waals surface area contributed by atoms with Crippen LogP contribution in [-0.2, 0) is 11.3 Å². The molecule has 0 radical (unpaired) electrons. The first-order valence-electron chi connectivity index (χ1n) is 9.39. The second-order valence-electron chi connectivity index (χ2n) is 7.04. The predicted molar refractivity (Wildman–Crippen MR) is 100 cm³/mol. The van der Waals surface area contributed by atoms with E-state index in [1.165, 1.54) is 12.8 Å². The fourth-order valence-corrected chi connectivity index (χ4v) is 3.68. The highest BCUT2D eigenvalue weighted by molar-refractivity contribution is 5.79. The highest BCUT2D eigenvalue weighted by atomic mass is 19.3. The summed E-state index contributed by atoms with van der Waals surface area (Å²) in [6.07, 6.45) is 2.59. The Morgan fingerprint density at radius 3 is 3.04 bits per heavy atom. The molecular formula is C19H28F2N4O2. The molecule has 1 aromatic carbocycles. The molecule has 2 aliphatic rings. The van der Waals surface area contributed by atoms with Crippen LogP contribution in [0.3, 0.4) is 0 Å². The number of aliphatic imine (C=N–C) groups is 1. The molecule has 2 atom stereocenters. The van der Waals surface area contributed by atoms with Crippen molar-refractivity contribution in [2.75, 3.05) is 33.3 Å². The Balaban J connectivity index is 1.50. The third kappa shape index (κ3) is 5.52. The highest BCUT2D eigenvalue weighted by Gasteiger charge is 2.32. The van der Waals surface area contributed by atoms with Crippen molar-refractivity contribution in [1.29, 1.82) is 0 Å². The first-order valence-corrected chi connectivity index (χ1v) is 9.39. The van der Waals surface area contributed by atoms with Crippen LogP contribution in [0.5, 0.6) is 5.75 Å². The summed E-state index contributed by atoms with van der Waals surface area (Å²) in [5, 5.41) is 6.42. The molecule has 0 amide bonds. The molecule has 0 saturated carbocycles. The molecule has 6 nitrogen and oxygen atoms in total. The monoisotopic (exact) mass is 382 g/mol. The molecule has 0 aromatic heterocycles. The zero-order valence-corrected chi connectivity index (χ0v) is 15.9. The van der Waals surface area contributed by atoms with Crippen molar-refractivity contribution in [1.82, 2.24) is 15.5 Å². The third-order valence-corrected chi connectivity index (χ3v) is 5.06. The molecule has 2 heterocycles. The number of benzene rings is 1. The number of hydrogen-bond donors (Lipinski definition) is 2. The molecule has 150 valence electrons. The molecule has 2 saturated heterocycles. The molecule has 2 N–H and O–H groups in total. The zero-order chi connectivity index (χ0) is 19.2. The Labute approximate surface area is 158 Å². The smallest absolute Gasteiger partial charge is 0.387 e. The van der Waals surface area contributed by atoms with Crippen molar-refractivity contribution in [3.63, 3.8) is 0 Å². The van der Waals surface area contributed by atoms with Gasteiger partial charge in [0.05, 0.1) is 12.7 Å². The molecule has 2 fully saturated rings. The lowest BCUT2D eigenvalue weighted by Crippen LogP contribution is -2.51. The van der Waals surface area contributed by atoms with E-state index < -0.39 is 6.61 Å². The molecule has 2 unspecified atom stereocenters. The van der Waals surface area contributed by atoms with Gasteiger partial charge in [-0.2, -0.15) is 8.78 Å². The maximum Gasteiger partial charge on any atom is 0.387 e. The Kier molecular flexibility index (Phi) is 6.84. The summed E-state index contributed by atoms with van der Waals surface area (Å²) in [5.41, 5.74) is 1.64. The minimum Gasteiger partial charge on any atom is -0.434 e. The topological polar surface area (TPSA) is 58.1 Å². The van der Waals surface area contributed by atoms with Crippen LogP contribution in [0.4, 0.5) is 8.78 Å². The average Bonchev–Trinajstić information content (AvgIpc) is 3.11. The Morgan fingerprint density at radius 1 is 1.41 bits per heavy atom. The second-order valence-corrected chi connectivity index (χ2v) is 7.04. The maximum absolute atomic E-state index is 12.6. The molecular weight excluding hydrogens is 354 g/mol. The number of morpholine rings is 1. The largest absolute Gasteiger partial charge is 0.434 e. The van der Waals surface area contributed by atoms with Crippen molar-refractivity contribution in [3.8, 4) is 5.75 Å². The average molecular weight is 382 g/mol. The van der Waals surface area contributed by atoms with Gasteiger partial charge in [0.15, 0.2) is 5.96 Å². The fourth-order valence-electron chi connectivity index (χ4n) is 3.68. The van der Waals surface area contributed by atoms with E-state index in [2.05, 4.69) is 25.3 Å². The molecule has 0 bridgehead atoms. The van der Waals surface area contributed by atoms with Gasteiger partial charge in [-0.15, -0.1) is 0 Å². The van der Waals surface area contributed by atoms with Crippen LogP contribution < -0.4 is 15.4 Å². The van der Waals surface area contributed by atoms with E-state index in [9.17, 15) is 8.78 Å². The van der Waals surface area contributed by atoms with E-state index in [1.54, 1.807) is 19.2 Å². The normalized spacial score (nSPS) is 23.4. The molecule has 0 aliphatic carbocycles. The lowest BCUT2D eigenvalue weighted by atomic mass is 10.1. The Bertz CT molecular complexity index is 657. The van der Waals surface area contributed by atoms with E-state index in [1.807, 2.05) is 13.0 Å². The van der Waals surface area contributed by atoms with Gasteiger partial charge in [0.2, 0.25) is 0 Å². The minimum atomic E-state index is -2.85. The van der Waals surface area contributed by atoms with Crippen LogP contribution in [0.25, 0.3) is 0 Å². The summed E-state index contributed by atoms with van der Waals surface area (Å²) in [7, 11) is 1.68. The first-order chi connectivity index (χ1) is 13.0. The number of rotatable bonds is 6. The van der Waals surface area contributed by atoms with Crippen LogP contribution >= 0.6 is 0 Å². The van der Waals surface area contributed by atoms with Gasteiger partial charge in [-0.1, -0.05) is 17.7 Å². The van der Waals surface area contributed by atoms with E-state index in [0.717, 1.165) is 25.3 Å². The highest BCUT2D eigenvalue weighted by Crippen LogP contribution is 2.23. The van der Waals surface area contributed by atoms with Crippen LogP contribution in [0.1, 0.15) is 24.0 Å². The number of alkyl halides is 2. The van der Waals surface area contributed by atoms with Crippen molar-refractivity contribution in [3.05, 3.63) is 29.3 Å². The summed E-state index contributed by atoms with van der Waals surface area (Å²) < 4.78 is 35.7. The number of ether oxygens (including phenoxy) is 2. The van der Waals surface area contributed by atoms with Crippen LogP contribution in [-0.4, -0.2) is 62.9 Å². The van der Waals surface area contributed by atoms with Gasteiger partial charge in [-0.3, -0.25) is 9.89 Å². The van der Waals surface area contributed by atoms with E-state index in [0.29, 0.717) is 30.7 Å². The van der Waals surface area contributed by atoms with Gasteiger partial charge in [-0.25, -0.2) is 0 Å². The molecule has 27 heavy (non-hydrogen) atoms. The van der Waals surface area contributed by atoms with Gasteiger partial charge in [0.1, 0.15) is 5.75 Å². The van der Waals surface area contributed by atoms with Crippen molar-refractivity contribution >= 4 is 5.96 Å². The first kappa shape index (κ1) is 19.8. The standard InChI is InChI=1S/C19H28F2N4O2/c1-13-5-6-17(27-18(20)21)14(8-13)9-23-19(22-2)24-10-16-11-25-7-3-4-15(25)12-26-16/h5-6,8,15-16,18H,3-4,7,9-12H2,1-2H3,(H2,22,23,24). The Morgan fingerprint density at radius 2 is 2.26 bits per heavy atom. The quantitative estimate of drug-likeness (QED) is 0.583. The molecule has 3 rings (SSSR count). The number of halogens is 2. The summed E-state index contributed by atoms with van der Waals surface area (Å²) in [5.74, 6) is 0.779. The van der Waals surface area contributed by atoms with Crippen LogP contribution in [0, 0.1) is 6.92 Å². The number of hydrogen-bond acceptors (Lipinski definition) is 4. The number of guanidine groups is 1. The lowest BCUT2D eigenvalue weighted by molar-refractivity contribution is -0.0505. The van der Waals surface area contributed by atoms with Gasteiger partial charge >= 0.3 is 6.61 Å². The van der Waals surface area contributed by atoms with Gasteiger partial charge < -0.3 is 20.1 Å². The molecule has 2 aliphatic heterocycles. The van der Waals surface area contributed by atoms with Crippen LogP contribution in [0.15, 0.2) is 23.2 Å².